The monoisotopic (exact) mass is 270 g/mol. The zero-order valence-electron chi connectivity index (χ0n) is 13.6. The largest absolute Gasteiger partial charge is 0.394 e. The fourth-order valence-electron chi connectivity index (χ4n) is 3.14. The summed E-state index contributed by atoms with van der Waals surface area (Å²) in [5.74, 6) is 1.74. The molecule has 1 saturated heterocycles. The Labute approximate surface area is 119 Å². The normalized spacial score (nSPS) is 22.1. The van der Waals surface area contributed by atoms with Crippen LogP contribution < -0.4 is 5.32 Å². The minimum absolute atomic E-state index is 0.136. The molecule has 3 nitrogen and oxygen atoms in total. The van der Waals surface area contributed by atoms with Crippen LogP contribution in [0.4, 0.5) is 0 Å². The van der Waals surface area contributed by atoms with Gasteiger partial charge in [0, 0.05) is 11.6 Å². The van der Waals surface area contributed by atoms with Crippen molar-refractivity contribution in [3.8, 4) is 0 Å². The van der Waals surface area contributed by atoms with Gasteiger partial charge >= 0.3 is 0 Å². The van der Waals surface area contributed by atoms with Crippen LogP contribution in [0.15, 0.2) is 0 Å². The van der Waals surface area contributed by atoms with Crippen LogP contribution in [-0.2, 0) is 0 Å². The van der Waals surface area contributed by atoms with Crippen LogP contribution in [0.2, 0.25) is 0 Å². The molecule has 0 aliphatic carbocycles. The van der Waals surface area contributed by atoms with Crippen molar-refractivity contribution in [1.29, 1.82) is 0 Å². The highest BCUT2D eigenvalue weighted by Crippen LogP contribution is 2.25. The van der Waals surface area contributed by atoms with Crippen molar-refractivity contribution >= 4 is 0 Å². The van der Waals surface area contributed by atoms with E-state index in [2.05, 4.69) is 44.8 Å². The summed E-state index contributed by atoms with van der Waals surface area (Å²) in [6, 6.07) is 0.420. The minimum atomic E-state index is -0.136. The predicted molar refractivity (Wildman–Crippen MR) is 82.4 cm³/mol. The third kappa shape index (κ3) is 5.80. The molecule has 1 atom stereocenters. The Kier molecular flexibility index (Phi) is 6.78. The van der Waals surface area contributed by atoms with Gasteiger partial charge in [0.1, 0.15) is 0 Å². The molecule has 0 saturated carbocycles. The Hall–Kier alpha value is -0.120. The maximum absolute atomic E-state index is 9.60. The number of aliphatic hydroxyl groups is 1. The molecule has 19 heavy (non-hydrogen) atoms. The third-order valence-electron chi connectivity index (χ3n) is 4.54. The summed E-state index contributed by atoms with van der Waals surface area (Å²) >= 11 is 0. The molecule has 0 aromatic heterocycles. The van der Waals surface area contributed by atoms with E-state index in [1.807, 2.05) is 0 Å². The standard InChI is InChI=1S/C16H34N2O/c1-13(2)15-6-9-18(10-7-15)11-8-16(5,12-19)17-14(3)4/h13-15,17,19H,6-12H2,1-5H3. The molecule has 0 aromatic rings. The Morgan fingerprint density at radius 1 is 1.21 bits per heavy atom. The molecule has 0 spiro atoms. The average molecular weight is 270 g/mol. The van der Waals surface area contributed by atoms with E-state index < -0.39 is 0 Å². The number of rotatable bonds is 7. The Morgan fingerprint density at radius 3 is 2.21 bits per heavy atom. The lowest BCUT2D eigenvalue weighted by Gasteiger charge is -2.37. The highest BCUT2D eigenvalue weighted by atomic mass is 16.3. The molecular weight excluding hydrogens is 236 g/mol. The van der Waals surface area contributed by atoms with Crippen LogP contribution in [0.25, 0.3) is 0 Å². The van der Waals surface area contributed by atoms with E-state index in [-0.39, 0.29) is 12.1 Å². The van der Waals surface area contributed by atoms with Crippen molar-refractivity contribution < 1.29 is 5.11 Å². The zero-order chi connectivity index (χ0) is 14.5. The molecule has 1 unspecified atom stereocenters. The molecule has 2 N–H and O–H groups in total. The van der Waals surface area contributed by atoms with Crippen molar-refractivity contribution in [1.82, 2.24) is 10.2 Å². The van der Waals surface area contributed by atoms with E-state index in [4.69, 9.17) is 0 Å². The lowest BCUT2D eigenvalue weighted by molar-refractivity contribution is 0.114. The number of hydrogen-bond acceptors (Lipinski definition) is 3. The summed E-state index contributed by atoms with van der Waals surface area (Å²) < 4.78 is 0. The summed E-state index contributed by atoms with van der Waals surface area (Å²) in [6.07, 6.45) is 3.70. The molecule has 114 valence electrons. The summed E-state index contributed by atoms with van der Waals surface area (Å²) in [5.41, 5.74) is -0.136. The maximum Gasteiger partial charge on any atom is 0.0611 e. The molecule has 1 aliphatic rings. The second-order valence-corrected chi connectivity index (χ2v) is 7.19. The topological polar surface area (TPSA) is 35.5 Å². The highest BCUT2D eigenvalue weighted by molar-refractivity contribution is 4.86. The first-order chi connectivity index (χ1) is 8.86. The van der Waals surface area contributed by atoms with E-state index in [9.17, 15) is 5.11 Å². The van der Waals surface area contributed by atoms with E-state index in [0.29, 0.717) is 6.04 Å². The number of hydrogen-bond donors (Lipinski definition) is 2. The zero-order valence-corrected chi connectivity index (χ0v) is 13.6. The lowest BCUT2D eigenvalue weighted by Crippen LogP contribution is -2.51. The molecule has 0 aromatic carbocycles. The molecule has 0 amide bonds. The molecule has 1 rings (SSSR count). The van der Waals surface area contributed by atoms with Gasteiger partial charge in [0.25, 0.3) is 0 Å². The Morgan fingerprint density at radius 2 is 1.79 bits per heavy atom. The van der Waals surface area contributed by atoms with E-state index in [0.717, 1.165) is 24.8 Å². The molecule has 1 heterocycles. The van der Waals surface area contributed by atoms with Crippen molar-refractivity contribution in [2.75, 3.05) is 26.2 Å². The van der Waals surface area contributed by atoms with Gasteiger partial charge in [0.2, 0.25) is 0 Å². The van der Waals surface area contributed by atoms with E-state index >= 15 is 0 Å². The van der Waals surface area contributed by atoms with Gasteiger partial charge in [-0.3, -0.25) is 0 Å². The van der Waals surface area contributed by atoms with Gasteiger partial charge in [-0.25, -0.2) is 0 Å². The van der Waals surface area contributed by atoms with E-state index in [1.165, 1.54) is 25.9 Å². The fourth-order valence-corrected chi connectivity index (χ4v) is 3.14. The van der Waals surface area contributed by atoms with Gasteiger partial charge in [-0.15, -0.1) is 0 Å². The summed E-state index contributed by atoms with van der Waals surface area (Å²) in [6.45, 7) is 14.9. The molecule has 0 radical (unpaired) electrons. The van der Waals surface area contributed by atoms with Crippen molar-refractivity contribution in [3.63, 3.8) is 0 Å². The smallest absolute Gasteiger partial charge is 0.0611 e. The molecule has 1 fully saturated rings. The summed E-state index contributed by atoms with van der Waals surface area (Å²) in [7, 11) is 0. The van der Waals surface area contributed by atoms with Crippen LogP contribution in [0.3, 0.4) is 0 Å². The maximum atomic E-state index is 9.60. The summed E-state index contributed by atoms with van der Waals surface area (Å²) in [5, 5.41) is 13.1. The Balaban J connectivity index is 2.32. The molecule has 3 heteroatoms. The number of piperidine rings is 1. The van der Waals surface area contributed by atoms with Crippen LogP contribution in [-0.4, -0.2) is 47.8 Å². The quantitative estimate of drug-likeness (QED) is 0.746. The van der Waals surface area contributed by atoms with Crippen molar-refractivity contribution in [2.45, 2.75) is 65.5 Å². The first-order valence-electron chi connectivity index (χ1n) is 7.97. The third-order valence-corrected chi connectivity index (χ3v) is 4.54. The fraction of sp³-hybridized carbons (Fsp3) is 1.00. The first kappa shape index (κ1) is 16.9. The highest BCUT2D eigenvalue weighted by Gasteiger charge is 2.26. The number of aliphatic hydroxyl groups excluding tert-OH is 1. The Bertz CT molecular complexity index is 247. The molecule has 0 bridgehead atoms. The summed E-state index contributed by atoms with van der Waals surface area (Å²) in [4.78, 5) is 2.56. The van der Waals surface area contributed by atoms with Gasteiger partial charge in [0.05, 0.1) is 6.61 Å². The van der Waals surface area contributed by atoms with Crippen molar-refractivity contribution in [3.05, 3.63) is 0 Å². The van der Waals surface area contributed by atoms with Gasteiger partial charge in [-0.05, 0) is 57.7 Å². The second kappa shape index (κ2) is 7.61. The molecule has 1 aliphatic heterocycles. The second-order valence-electron chi connectivity index (χ2n) is 7.19. The minimum Gasteiger partial charge on any atom is -0.394 e. The number of nitrogens with one attached hydrogen (secondary N) is 1. The predicted octanol–water partition coefficient (Wildman–Crippen LogP) is 2.49. The SMILES string of the molecule is CC(C)NC(C)(CO)CCN1CCC(C(C)C)CC1. The molecular formula is C16H34N2O. The van der Waals surface area contributed by atoms with Crippen LogP contribution >= 0.6 is 0 Å². The van der Waals surface area contributed by atoms with Gasteiger partial charge in [-0.2, -0.15) is 0 Å². The number of nitrogens with zero attached hydrogens (tertiary/aromatic N) is 1. The van der Waals surface area contributed by atoms with E-state index in [1.54, 1.807) is 0 Å². The first-order valence-corrected chi connectivity index (χ1v) is 7.97. The lowest BCUT2D eigenvalue weighted by atomic mass is 9.86. The van der Waals surface area contributed by atoms with Crippen LogP contribution in [0.5, 0.6) is 0 Å². The average Bonchev–Trinajstić information content (AvgIpc) is 2.36. The van der Waals surface area contributed by atoms with Crippen LogP contribution in [0.1, 0.15) is 53.9 Å². The van der Waals surface area contributed by atoms with Gasteiger partial charge in [0.15, 0.2) is 0 Å². The van der Waals surface area contributed by atoms with Gasteiger partial charge < -0.3 is 15.3 Å². The van der Waals surface area contributed by atoms with Crippen LogP contribution in [0, 0.1) is 11.8 Å². The van der Waals surface area contributed by atoms with Crippen molar-refractivity contribution in [2.24, 2.45) is 11.8 Å². The number of likely N-dealkylation sites (tertiary alicyclic amines) is 1. The van der Waals surface area contributed by atoms with Gasteiger partial charge in [-0.1, -0.05) is 27.7 Å².